The third-order valence-corrected chi connectivity index (χ3v) is 3.87. The fraction of sp³-hybridized carbons (Fsp3) is 0.278. The fourth-order valence-electron chi connectivity index (χ4n) is 1.97. The van der Waals surface area contributed by atoms with Gasteiger partial charge in [-0.05, 0) is 46.1 Å². The number of benzene rings is 2. The van der Waals surface area contributed by atoms with Crippen LogP contribution in [0.4, 0.5) is 0 Å². The van der Waals surface area contributed by atoms with Crippen LogP contribution < -0.4 is 10.1 Å². The first kappa shape index (κ1) is 16.6. The van der Waals surface area contributed by atoms with Gasteiger partial charge in [0, 0.05) is 12.1 Å². The van der Waals surface area contributed by atoms with Crippen LogP contribution >= 0.6 is 15.9 Å². The van der Waals surface area contributed by atoms with Crippen molar-refractivity contribution in [2.24, 2.45) is 0 Å². The maximum atomic E-state index is 12.2. The number of rotatable bonds is 7. The summed E-state index contributed by atoms with van der Waals surface area (Å²) >= 11 is 3.46. The maximum absolute atomic E-state index is 12.2. The summed E-state index contributed by atoms with van der Waals surface area (Å²) in [6.45, 7) is 3.33. The van der Waals surface area contributed by atoms with Gasteiger partial charge in [-0.2, -0.15) is 0 Å². The van der Waals surface area contributed by atoms with Crippen LogP contribution in [0.2, 0.25) is 0 Å². The van der Waals surface area contributed by atoms with Gasteiger partial charge < -0.3 is 10.1 Å². The molecular weight excluding hydrogens is 342 g/mol. The van der Waals surface area contributed by atoms with E-state index in [1.165, 1.54) is 0 Å². The van der Waals surface area contributed by atoms with E-state index in [0.29, 0.717) is 18.7 Å². The van der Waals surface area contributed by atoms with Crippen LogP contribution in [0.3, 0.4) is 0 Å². The summed E-state index contributed by atoms with van der Waals surface area (Å²) < 4.78 is 6.46. The van der Waals surface area contributed by atoms with Crippen molar-refractivity contribution in [2.45, 2.75) is 26.3 Å². The average Bonchev–Trinajstić information content (AvgIpc) is 2.55. The van der Waals surface area contributed by atoms with Crippen LogP contribution in [-0.4, -0.2) is 12.5 Å². The van der Waals surface area contributed by atoms with Crippen molar-refractivity contribution in [3.05, 3.63) is 64.1 Å². The normalized spacial score (nSPS) is 10.3. The molecule has 3 nitrogen and oxygen atoms in total. The van der Waals surface area contributed by atoms with Gasteiger partial charge in [0.1, 0.15) is 5.75 Å². The molecule has 0 aliphatic heterocycles. The summed E-state index contributed by atoms with van der Waals surface area (Å²) in [7, 11) is 0. The van der Waals surface area contributed by atoms with Gasteiger partial charge in [-0.25, -0.2) is 0 Å². The third-order valence-electron chi connectivity index (χ3n) is 3.25. The minimum absolute atomic E-state index is 0.0929. The quantitative estimate of drug-likeness (QED) is 0.734. The molecule has 22 heavy (non-hydrogen) atoms. The van der Waals surface area contributed by atoms with Crippen molar-refractivity contribution in [1.29, 1.82) is 0 Å². The molecule has 0 aromatic heterocycles. The molecule has 0 bridgehead atoms. The zero-order valence-electron chi connectivity index (χ0n) is 12.6. The third kappa shape index (κ3) is 4.88. The Balaban J connectivity index is 1.94. The highest BCUT2D eigenvalue weighted by Gasteiger charge is 2.09. The molecule has 2 aromatic rings. The van der Waals surface area contributed by atoms with Gasteiger partial charge in [0.25, 0.3) is 5.91 Å². The maximum Gasteiger partial charge on any atom is 0.251 e. The molecule has 4 heteroatoms. The number of nitrogens with one attached hydrogen (secondary N) is 1. The van der Waals surface area contributed by atoms with Crippen molar-refractivity contribution in [3.8, 4) is 5.75 Å². The van der Waals surface area contributed by atoms with Crippen LogP contribution in [0.1, 0.15) is 35.7 Å². The zero-order valence-corrected chi connectivity index (χ0v) is 14.2. The SMILES string of the molecule is CCCCOc1ccc(C(=O)NCc2ccccc2)cc1Br. The van der Waals surface area contributed by atoms with E-state index in [4.69, 9.17) is 4.74 Å². The largest absolute Gasteiger partial charge is 0.492 e. The molecule has 0 atom stereocenters. The predicted molar refractivity (Wildman–Crippen MR) is 92.2 cm³/mol. The van der Waals surface area contributed by atoms with E-state index in [9.17, 15) is 4.79 Å². The molecular formula is C18H20BrNO2. The lowest BCUT2D eigenvalue weighted by Gasteiger charge is -2.10. The molecule has 0 radical (unpaired) electrons. The van der Waals surface area contributed by atoms with Gasteiger partial charge in [0.05, 0.1) is 11.1 Å². The standard InChI is InChI=1S/C18H20BrNO2/c1-2-3-11-22-17-10-9-15(12-16(17)19)18(21)20-13-14-7-5-4-6-8-14/h4-10,12H,2-3,11,13H2,1H3,(H,20,21). The Morgan fingerprint density at radius 3 is 2.64 bits per heavy atom. The highest BCUT2D eigenvalue weighted by atomic mass is 79.9. The number of hydrogen-bond donors (Lipinski definition) is 1. The first-order valence-corrected chi connectivity index (χ1v) is 8.24. The van der Waals surface area contributed by atoms with Gasteiger partial charge in [0.15, 0.2) is 0 Å². The molecule has 0 fully saturated rings. The number of carbonyl (C=O) groups is 1. The minimum Gasteiger partial charge on any atom is -0.492 e. The molecule has 0 unspecified atom stereocenters. The van der Waals surface area contributed by atoms with E-state index in [0.717, 1.165) is 28.6 Å². The van der Waals surface area contributed by atoms with Crippen LogP contribution in [-0.2, 0) is 6.54 Å². The second-order valence-electron chi connectivity index (χ2n) is 5.02. The Hall–Kier alpha value is -1.81. The molecule has 1 N–H and O–H groups in total. The lowest BCUT2D eigenvalue weighted by atomic mass is 10.2. The second-order valence-corrected chi connectivity index (χ2v) is 5.87. The van der Waals surface area contributed by atoms with Crippen LogP contribution in [0.15, 0.2) is 53.0 Å². The first-order valence-electron chi connectivity index (χ1n) is 7.45. The van der Waals surface area contributed by atoms with Gasteiger partial charge in [-0.3, -0.25) is 4.79 Å². The lowest BCUT2D eigenvalue weighted by molar-refractivity contribution is 0.0951. The molecule has 0 saturated heterocycles. The van der Waals surface area contributed by atoms with E-state index in [1.54, 1.807) is 12.1 Å². The van der Waals surface area contributed by atoms with E-state index in [-0.39, 0.29) is 5.91 Å². The molecule has 0 aliphatic carbocycles. The Morgan fingerprint density at radius 2 is 1.95 bits per heavy atom. The van der Waals surface area contributed by atoms with Gasteiger partial charge in [0.2, 0.25) is 0 Å². The summed E-state index contributed by atoms with van der Waals surface area (Å²) in [6, 6.07) is 15.3. The van der Waals surface area contributed by atoms with E-state index in [2.05, 4.69) is 28.2 Å². The van der Waals surface area contributed by atoms with Crippen molar-refractivity contribution in [3.63, 3.8) is 0 Å². The van der Waals surface area contributed by atoms with Crippen molar-refractivity contribution >= 4 is 21.8 Å². The Kier molecular flexibility index (Phi) is 6.46. The number of hydrogen-bond acceptors (Lipinski definition) is 2. The first-order chi connectivity index (χ1) is 10.7. The summed E-state index contributed by atoms with van der Waals surface area (Å²) in [5, 5.41) is 2.91. The number of ether oxygens (including phenoxy) is 1. The molecule has 116 valence electrons. The molecule has 0 aliphatic rings. The summed E-state index contributed by atoms with van der Waals surface area (Å²) in [5.41, 5.74) is 1.69. The zero-order chi connectivity index (χ0) is 15.8. The number of amides is 1. The highest BCUT2D eigenvalue weighted by Crippen LogP contribution is 2.26. The molecule has 0 saturated carbocycles. The Bertz CT molecular complexity index is 614. The molecule has 0 heterocycles. The van der Waals surface area contributed by atoms with Crippen LogP contribution in [0, 0.1) is 0 Å². The monoisotopic (exact) mass is 361 g/mol. The summed E-state index contributed by atoms with van der Waals surface area (Å²) in [5.74, 6) is 0.678. The lowest BCUT2D eigenvalue weighted by Crippen LogP contribution is -2.22. The fourth-order valence-corrected chi connectivity index (χ4v) is 2.46. The van der Waals surface area contributed by atoms with Gasteiger partial charge in [-0.1, -0.05) is 43.7 Å². The number of unbranched alkanes of at least 4 members (excludes halogenated alkanes) is 1. The number of carbonyl (C=O) groups excluding carboxylic acids is 1. The molecule has 2 rings (SSSR count). The Labute approximate surface area is 139 Å². The topological polar surface area (TPSA) is 38.3 Å². The summed E-state index contributed by atoms with van der Waals surface area (Å²) in [4.78, 5) is 12.2. The van der Waals surface area contributed by atoms with Gasteiger partial charge >= 0.3 is 0 Å². The smallest absolute Gasteiger partial charge is 0.251 e. The number of halogens is 1. The van der Waals surface area contributed by atoms with Crippen LogP contribution in [0.25, 0.3) is 0 Å². The van der Waals surface area contributed by atoms with Crippen molar-refractivity contribution < 1.29 is 9.53 Å². The summed E-state index contributed by atoms with van der Waals surface area (Å²) in [6.07, 6.45) is 2.11. The highest BCUT2D eigenvalue weighted by molar-refractivity contribution is 9.10. The van der Waals surface area contributed by atoms with Crippen LogP contribution in [0.5, 0.6) is 5.75 Å². The molecule has 2 aromatic carbocycles. The predicted octanol–water partition coefficient (Wildman–Crippen LogP) is 4.56. The average molecular weight is 362 g/mol. The van der Waals surface area contributed by atoms with E-state index < -0.39 is 0 Å². The van der Waals surface area contributed by atoms with Gasteiger partial charge in [-0.15, -0.1) is 0 Å². The van der Waals surface area contributed by atoms with E-state index >= 15 is 0 Å². The van der Waals surface area contributed by atoms with Crippen molar-refractivity contribution in [2.75, 3.05) is 6.61 Å². The van der Waals surface area contributed by atoms with Crippen molar-refractivity contribution in [1.82, 2.24) is 5.32 Å². The minimum atomic E-state index is -0.0929. The van der Waals surface area contributed by atoms with E-state index in [1.807, 2.05) is 36.4 Å². The molecule has 1 amide bonds. The Morgan fingerprint density at radius 1 is 1.18 bits per heavy atom. The molecule has 0 spiro atoms. The second kappa shape index (κ2) is 8.59.